The highest BCUT2D eigenvalue weighted by Crippen LogP contribution is 2.36. The number of nitrogens with two attached hydrogens (primary N) is 1. The number of azo groups is 2. The first-order valence-electron chi connectivity index (χ1n) is 10.4. The quantitative estimate of drug-likeness (QED) is 0.231. The van der Waals surface area contributed by atoms with Gasteiger partial charge in [0.15, 0.2) is 0 Å². The summed E-state index contributed by atoms with van der Waals surface area (Å²) in [6, 6.07) is 31.5. The molecule has 0 aliphatic carbocycles. The number of nitrogens with zero attached hydrogens (tertiary/aromatic N) is 4. The second-order valence-electron chi connectivity index (χ2n) is 7.60. The Kier molecular flexibility index (Phi) is 5.14. The number of anilines is 1. The van der Waals surface area contributed by atoms with Gasteiger partial charge in [-0.2, -0.15) is 5.11 Å². The van der Waals surface area contributed by atoms with E-state index in [2.05, 4.69) is 27.4 Å². The molecule has 0 aliphatic rings. The maximum atomic E-state index is 6.11. The van der Waals surface area contributed by atoms with Gasteiger partial charge in [0.25, 0.3) is 0 Å². The van der Waals surface area contributed by atoms with Crippen LogP contribution in [0, 0.1) is 6.92 Å². The fourth-order valence-electron chi connectivity index (χ4n) is 3.67. The summed E-state index contributed by atoms with van der Waals surface area (Å²) in [4.78, 5) is 0. The van der Waals surface area contributed by atoms with Gasteiger partial charge in [-0.05, 0) is 43.3 Å². The van der Waals surface area contributed by atoms with Crippen LogP contribution in [0.15, 0.2) is 118 Å². The van der Waals surface area contributed by atoms with Crippen molar-refractivity contribution in [3.8, 4) is 0 Å². The molecule has 0 aromatic heterocycles. The minimum absolute atomic E-state index is 0.730. The summed E-state index contributed by atoms with van der Waals surface area (Å²) in [5.41, 5.74) is 11.2. The molecule has 0 saturated carbocycles. The minimum Gasteiger partial charge on any atom is -0.398 e. The third-order valence-electron chi connectivity index (χ3n) is 5.39. The molecule has 0 amide bonds. The molecule has 0 radical (unpaired) electrons. The highest BCUT2D eigenvalue weighted by atomic mass is 15.1. The van der Waals surface area contributed by atoms with Crippen molar-refractivity contribution < 1.29 is 0 Å². The van der Waals surface area contributed by atoms with Crippen molar-refractivity contribution in [3.63, 3.8) is 0 Å². The van der Waals surface area contributed by atoms with E-state index in [1.807, 2.05) is 97.1 Å². The van der Waals surface area contributed by atoms with Gasteiger partial charge in [0.1, 0.15) is 0 Å². The fourth-order valence-corrected chi connectivity index (χ4v) is 3.67. The van der Waals surface area contributed by atoms with Gasteiger partial charge in [-0.1, -0.05) is 66.2 Å². The maximum Gasteiger partial charge on any atom is 0.0936 e. The number of nitrogen functional groups attached to an aromatic ring is 1. The van der Waals surface area contributed by atoms with Crippen molar-refractivity contribution in [2.75, 3.05) is 5.73 Å². The summed E-state index contributed by atoms with van der Waals surface area (Å²) < 4.78 is 0. The Morgan fingerprint density at radius 2 is 0.906 bits per heavy atom. The number of hydrogen-bond donors (Lipinski definition) is 1. The molecule has 0 heterocycles. The number of hydrogen-bond acceptors (Lipinski definition) is 5. The fraction of sp³-hybridized carbons (Fsp3) is 0.0370. The van der Waals surface area contributed by atoms with E-state index >= 15 is 0 Å². The van der Waals surface area contributed by atoms with E-state index in [9.17, 15) is 0 Å². The standard InChI is InChI=1S/C27H21N5/c1-18-10-12-19(13-11-18)29-30-26-16-17-27(23-9-5-4-8-22(23)26)32-31-25-15-14-24(28)20-6-2-3-7-21(20)25/h2-17H,28H2,1H3. The Balaban J connectivity index is 1.53. The van der Waals surface area contributed by atoms with E-state index in [4.69, 9.17) is 5.73 Å². The van der Waals surface area contributed by atoms with E-state index in [0.717, 1.165) is 50.0 Å². The van der Waals surface area contributed by atoms with Crippen molar-refractivity contribution >= 4 is 50.0 Å². The molecule has 0 saturated heterocycles. The van der Waals surface area contributed by atoms with E-state index in [1.54, 1.807) is 0 Å². The third-order valence-corrected chi connectivity index (χ3v) is 5.39. The Morgan fingerprint density at radius 1 is 0.469 bits per heavy atom. The zero-order valence-corrected chi connectivity index (χ0v) is 17.6. The molecule has 0 aliphatic heterocycles. The lowest BCUT2D eigenvalue weighted by Crippen LogP contribution is -1.86. The highest BCUT2D eigenvalue weighted by Gasteiger charge is 2.07. The van der Waals surface area contributed by atoms with Crippen LogP contribution in [0.25, 0.3) is 21.5 Å². The molecule has 0 unspecified atom stereocenters. The van der Waals surface area contributed by atoms with Crippen molar-refractivity contribution in [1.82, 2.24) is 0 Å². The van der Waals surface area contributed by atoms with E-state index in [0.29, 0.717) is 0 Å². The number of benzene rings is 5. The first-order chi connectivity index (χ1) is 15.7. The number of aryl methyl sites for hydroxylation is 1. The summed E-state index contributed by atoms with van der Waals surface area (Å²) >= 11 is 0. The molecule has 5 nitrogen and oxygen atoms in total. The molecule has 5 heteroatoms. The molecule has 0 bridgehead atoms. The molecule has 0 atom stereocenters. The average Bonchev–Trinajstić information content (AvgIpc) is 2.84. The summed E-state index contributed by atoms with van der Waals surface area (Å²) in [5, 5.41) is 21.9. The molecule has 2 N–H and O–H groups in total. The number of fused-ring (bicyclic) bond motifs is 2. The molecule has 0 spiro atoms. The van der Waals surface area contributed by atoms with Crippen molar-refractivity contribution in [2.45, 2.75) is 6.92 Å². The third kappa shape index (κ3) is 3.84. The van der Waals surface area contributed by atoms with Crippen LogP contribution in [0.5, 0.6) is 0 Å². The minimum atomic E-state index is 0.730. The Morgan fingerprint density at radius 3 is 1.47 bits per heavy atom. The van der Waals surface area contributed by atoms with E-state index < -0.39 is 0 Å². The zero-order valence-electron chi connectivity index (χ0n) is 17.6. The lowest BCUT2D eigenvalue weighted by molar-refractivity contribution is 1.23. The zero-order chi connectivity index (χ0) is 21.9. The topological polar surface area (TPSA) is 75.5 Å². The van der Waals surface area contributed by atoms with Crippen LogP contribution in [0.2, 0.25) is 0 Å². The maximum absolute atomic E-state index is 6.11. The Hall–Kier alpha value is -4.38. The van der Waals surface area contributed by atoms with Crippen LogP contribution in [-0.2, 0) is 0 Å². The molecule has 5 aromatic rings. The van der Waals surface area contributed by atoms with Crippen LogP contribution < -0.4 is 5.73 Å². The summed E-state index contributed by atoms with van der Waals surface area (Å²) in [6.45, 7) is 2.05. The largest absolute Gasteiger partial charge is 0.398 e. The van der Waals surface area contributed by atoms with Crippen LogP contribution in [0.3, 0.4) is 0 Å². The van der Waals surface area contributed by atoms with Gasteiger partial charge in [-0.25, -0.2) is 0 Å². The summed E-state index contributed by atoms with van der Waals surface area (Å²) in [7, 11) is 0. The lowest BCUT2D eigenvalue weighted by Gasteiger charge is -2.06. The molecular formula is C27H21N5. The first kappa shape index (κ1) is 19.6. The van der Waals surface area contributed by atoms with Crippen molar-refractivity contribution in [2.24, 2.45) is 20.5 Å². The van der Waals surface area contributed by atoms with Crippen LogP contribution in [0.1, 0.15) is 5.56 Å². The molecule has 5 aromatic carbocycles. The molecular weight excluding hydrogens is 394 g/mol. The summed E-state index contributed by atoms with van der Waals surface area (Å²) in [6.07, 6.45) is 0. The van der Waals surface area contributed by atoms with Gasteiger partial charge in [-0.15, -0.1) is 15.3 Å². The predicted molar refractivity (Wildman–Crippen MR) is 132 cm³/mol. The van der Waals surface area contributed by atoms with Crippen molar-refractivity contribution in [1.29, 1.82) is 0 Å². The predicted octanol–water partition coefficient (Wildman–Crippen LogP) is 8.71. The second kappa shape index (κ2) is 8.40. The van der Waals surface area contributed by atoms with Crippen LogP contribution in [0.4, 0.5) is 28.4 Å². The first-order valence-corrected chi connectivity index (χ1v) is 10.4. The van der Waals surface area contributed by atoms with Crippen LogP contribution in [-0.4, -0.2) is 0 Å². The van der Waals surface area contributed by atoms with E-state index in [-0.39, 0.29) is 0 Å². The number of rotatable bonds is 4. The van der Waals surface area contributed by atoms with Gasteiger partial charge in [0, 0.05) is 27.2 Å². The van der Waals surface area contributed by atoms with Gasteiger partial charge in [0.05, 0.1) is 22.7 Å². The highest BCUT2D eigenvalue weighted by molar-refractivity contribution is 6.01. The average molecular weight is 416 g/mol. The smallest absolute Gasteiger partial charge is 0.0936 e. The molecule has 5 rings (SSSR count). The van der Waals surface area contributed by atoms with Gasteiger partial charge in [0.2, 0.25) is 0 Å². The SMILES string of the molecule is Cc1ccc(N=Nc2ccc(N=Nc3ccc(N)c4ccccc34)c3ccccc23)cc1. The second-order valence-corrected chi connectivity index (χ2v) is 7.60. The Bertz CT molecular complexity index is 1480. The Labute approximate surface area is 186 Å². The van der Waals surface area contributed by atoms with Gasteiger partial charge >= 0.3 is 0 Å². The molecule has 0 fully saturated rings. The summed E-state index contributed by atoms with van der Waals surface area (Å²) in [5.74, 6) is 0. The molecule has 154 valence electrons. The van der Waals surface area contributed by atoms with E-state index in [1.165, 1.54) is 5.56 Å². The van der Waals surface area contributed by atoms with Gasteiger partial charge < -0.3 is 5.73 Å². The van der Waals surface area contributed by atoms with Crippen LogP contribution >= 0.6 is 0 Å². The normalized spacial score (nSPS) is 11.8. The monoisotopic (exact) mass is 415 g/mol. The lowest BCUT2D eigenvalue weighted by atomic mass is 10.1. The van der Waals surface area contributed by atoms with Gasteiger partial charge in [-0.3, -0.25) is 0 Å². The molecule has 32 heavy (non-hydrogen) atoms. The van der Waals surface area contributed by atoms with Crippen molar-refractivity contribution in [3.05, 3.63) is 103 Å².